The van der Waals surface area contributed by atoms with Crippen LogP contribution in [0.4, 0.5) is 0 Å². The van der Waals surface area contributed by atoms with E-state index in [9.17, 15) is 18.0 Å². The van der Waals surface area contributed by atoms with E-state index in [0.29, 0.717) is 5.75 Å². The van der Waals surface area contributed by atoms with Gasteiger partial charge < -0.3 is 9.64 Å². The first-order chi connectivity index (χ1) is 13.2. The lowest BCUT2D eigenvalue weighted by molar-refractivity contribution is 0.0879. The Hall–Kier alpha value is -2.75. The average molecular weight is 403 g/mol. The van der Waals surface area contributed by atoms with Crippen molar-refractivity contribution in [3.05, 3.63) is 59.2 Å². The van der Waals surface area contributed by atoms with Crippen molar-refractivity contribution in [2.24, 2.45) is 0 Å². The van der Waals surface area contributed by atoms with Gasteiger partial charge in [-0.15, -0.1) is 0 Å². The van der Waals surface area contributed by atoms with Crippen LogP contribution in [0.15, 0.2) is 47.4 Å². The number of methoxy groups -OCH3 is 1. The van der Waals surface area contributed by atoms with E-state index in [1.54, 1.807) is 7.11 Å². The topological polar surface area (TPSA) is 105 Å². The predicted molar refractivity (Wildman–Crippen MR) is 103 cm³/mol. The van der Waals surface area contributed by atoms with Crippen LogP contribution < -0.4 is 14.8 Å². The number of imide groups is 1. The van der Waals surface area contributed by atoms with Crippen molar-refractivity contribution in [1.29, 1.82) is 0 Å². The van der Waals surface area contributed by atoms with Gasteiger partial charge in [0.1, 0.15) is 5.75 Å². The summed E-state index contributed by atoms with van der Waals surface area (Å²) in [5.74, 6) is -0.441. The van der Waals surface area contributed by atoms with E-state index in [-0.39, 0.29) is 28.6 Å². The molecule has 0 bridgehead atoms. The molecule has 0 spiro atoms. The van der Waals surface area contributed by atoms with Crippen LogP contribution in [0.5, 0.6) is 5.75 Å². The second-order valence-corrected chi connectivity index (χ2v) is 8.37. The van der Waals surface area contributed by atoms with Crippen LogP contribution in [-0.4, -0.2) is 52.9 Å². The van der Waals surface area contributed by atoms with Crippen LogP contribution in [0.1, 0.15) is 32.3 Å². The van der Waals surface area contributed by atoms with Crippen molar-refractivity contribution >= 4 is 21.8 Å². The van der Waals surface area contributed by atoms with Gasteiger partial charge in [0.15, 0.2) is 0 Å². The van der Waals surface area contributed by atoms with Crippen molar-refractivity contribution in [2.75, 3.05) is 27.7 Å². The van der Waals surface area contributed by atoms with E-state index >= 15 is 0 Å². The molecule has 9 heteroatoms. The number of ether oxygens (including phenoxy) is 1. The molecule has 1 heterocycles. The number of hydrogen-bond acceptors (Lipinski definition) is 6. The SMILES string of the molecule is COc1cccc(C(CNS(=O)(=O)c2ccc3c(c2)C(=O)NC3=O)N(C)C)c1. The zero-order valence-corrected chi connectivity index (χ0v) is 16.5. The van der Waals surface area contributed by atoms with Crippen molar-refractivity contribution in [3.8, 4) is 5.75 Å². The second kappa shape index (κ2) is 7.70. The maximum absolute atomic E-state index is 12.7. The Kier molecular flexibility index (Phi) is 5.50. The van der Waals surface area contributed by atoms with Crippen molar-refractivity contribution in [1.82, 2.24) is 14.9 Å². The predicted octanol–water partition coefficient (Wildman–Crippen LogP) is 1.16. The lowest BCUT2D eigenvalue weighted by Crippen LogP contribution is -2.34. The summed E-state index contributed by atoms with van der Waals surface area (Å²) in [7, 11) is 1.40. The number of carbonyl (C=O) groups is 2. The number of amides is 2. The number of likely N-dealkylation sites (N-methyl/N-ethyl adjacent to an activating group) is 1. The van der Waals surface area contributed by atoms with Gasteiger partial charge in [-0.25, -0.2) is 13.1 Å². The fourth-order valence-corrected chi connectivity index (χ4v) is 4.10. The van der Waals surface area contributed by atoms with E-state index in [1.165, 1.54) is 18.2 Å². The third kappa shape index (κ3) is 3.91. The Balaban J connectivity index is 1.82. The van der Waals surface area contributed by atoms with Gasteiger partial charge in [-0.05, 0) is 50.0 Å². The van der Waals surface area contributed by atoms with Crippen LogP contribution in [0.25, 0.3) is 0 Å². The molecule has 2 aromatic carbocycles. The number of nitrogens with one attached hydrogen (secondary N) is 2. The molecule has 1 unspecified atom stereocenters. The first-order valence-electron chi connectivity index (χ1n) is 8.52. The molecule has 0 radical (unpaired) electrons. The summed E-state index contributed by atoms with van der Waals surface area (Å²) in [4.78, 5) is 25.2. The zero-order chi connectivity index (χ0) is 20.5. The lowest BCUT2D eigenvalue weighted by Gasteiger charge is -2.25. The Bertz CT molecular complexity index is 1030. The fraction of sp³-hybridized carbons (Fsp3) is 0.263. The highest BCUT2D eigenvalue weighted by Gasteiger charge is 2.29. The molecule has 28 heavy (non-hydrogen) atoms. The molecule has 1 aliphatic rings. The Morgan fingerprint density at radius 1 is 1.07 bits per heavy atom. The zero-order valence-electron chi connectivity index (χ0n) is 15.7. The Morgan fingerprint density at radius 2 is 1.79 bits per heavy atom. The number of fused-ring (bicyclic) bond motifs is 1. The van der Waals surface area contributed by atoms with Gasteiger partial charge in [-0.2, -0.15) is 0 Å². The normalized spacial score (nSPS) is 14.7. The summed E-state index contributed by atoms with van der Waals surface area (Å²) < 4.78 is 33.3. The van der Waals surface area contributed by atoms with Crippen LogP contribution in [0.2, 0.25) is 0 Å². The van der Waals surface area contributed by atoms with Gasteiger partial charge in [0.25, 0.3) is 11.8 Å². The number of rotatable bonds is 7. The summed E-state index contributed by atoms with van der Waals surface area (Å²) in [6, 6.07) is 11.0. The molecule has 0 saturated carbocycles. The molecular formula is C19H21N3O5S. The van der Waals surface area contributed by atoms with Crippen molar-refractivity contribution in [3.63, 3.8) is 0 Å². The fourth-order valence-electron chi connectivity index (χ4n) is 3.03. The summed E-state index contributed by atoms with van der Waals surface area (Å²) >= 11 is 0. The van der Waals surface area contributed by atoms with E-state index in [4.69, 9.17) is 4.74 Å². The van der Waals surface area contributed by atoms with E-state index in [0.717, 1.165) is 5.56 Å². The molecule has 3 rings (SSSR count). The van der Waals surface area contributed by atoms with Gasteiger partial charge in [0, 0.05) is 12.6 Å². The van der Waals surface area contributed by atoms with E-state index < -0.39 is 21.8 Å². The molecule has 0 aliphatic carbocycles. The maximum Gasteiger partial charge on any atom is 0.258 e. The van der Waals surface area contributed by atoms with Crippen LogP contribution >= 0.6 is 0 Å². The Morgan fingerprint density at radius 3 is 2.46 bits per heavy atom. The summed E-state index contributed by atoms with van der Waals surface area (Å²) in [6.07, 6.45) is 0. The van der Waals surface area contributed by atoms with Gasteiger partial charge in [0.05, 0.1) is 23.1 Å². The minimum Gasteiger partial charge on any atom is -0.497 e. The first-order valence-corrected chi connectivity index (χ1v) is 10.0. The van der Waals surface area contributed by atoms with Gasteiger partial charge in [0.2, 0.25) is 10.0 Å². The summed E-state index contributed by atoms with van der Waals surface area (Å²) in [6.45, 7) is 0.116. The van der Waals surface area contributed by atoms with E-state index in [1.807, 2.05) is 43.3 Å². The van der Waals surface area contributed by atoms with Crippen molar-refractivity contribution in [2.45, 2.75) is 10.9 Å². The highest BCUT2D eigenvalue weighted by Crippen LogP contribution is 2.24. The Labute approximate surface area is 163 Å². The quantitative estimate of drug-likeness (QED) is 0.673. The standard InChI is InChI=1S/C19H21N3O5S/c1-22(2)17(12-5-4-6-13(9-12)27-3)11-20-28(25,26)14-7-8-15-16(10-14)19(24)21-18(15)23/h4-10,17,20H,11H2,1-3H3,(H,21,23,24). The second-order valence-electron chi connectivity index (χ2n) is 6.60. The molecule has 1 aliphatic heterocycles. The molecular weight excluding hydrogens is 382 g/mol. The molecule has 2 aromatic rings. The number of carbonyl (C=O) groups excluding carboxylic acids is 2. The molecule has 8 nitrogen and oxygen atoms in total. The number of hydrogen-bond donors (Lipinski definition) is 2. The average Bonchev–Trinajstić information content (AvgIpc) is 2.95. The molecule has 1 atom stereocenters. The number of nitrogens with zero attached hydrogens (tertiary/aromatic N) is 1. The smallest absolute Gasteiger partial charge is 0.258 e. The largest absolute Gasteiger partial charge is 0.497 e. The monoisotopic (exact) mass is 403 g/mol. The van der Waals surface area contributed by atoms with Crippen LogP contribution in [-0.2, 0) is 10.0 Å². The molecule has 2 N–H and O–H groups in total. The number of sulfonamides is 1. The number of benzene rings is 2. The van der Waals surface area contributed by atoms with Crippen LogP contribution in [0.3, 0.4) is 0 Å². The van der Waals surface area contributed by atoms with Crippen molar-refractivity contribution < 1.29 is 22.7 Å². The molecule has 0 saturated heterocycles. The van der Waals surface area contributed by atoms with Gasteiger partial charge >= 0.3 is 0 Å². The lowest BCUT2D eigenvalue weighted by atomic mass is 10.1. The van der Waals surface area contributed by atoms with E-state index in [2.05, 4.69) is 10.0 Å². The molecule has 0 aromatic heterocycles. The summed E-state index contributed by atoms with van der Waals surface area (Å²) in [5, 5.41) is 2.15. The minimum absolute atomic E-state index is 0.0600. The summed E-state index contributed by atoms with van der Waals surface area (Å²) in [5.41, 5.74) is 1.13. The molecule has 0 fully saturated rings. The maximum atomic E-state index is 12.7. The minimum atomic E-state index is -3.87. The third-order valence-electron chi connectivity index (χ3n) is 4.59. The molecule has 148 valence electrons. The van der Waals surface area contributed by atoms with Gasteiger partial charge in [-0.3, -0.25) is 14.9 Å². The highest BCUT2D eigenvalue weighted by atomic mass is 32.2. The molecule has 2 amide bonds. The third-order valence-corrected chi connectivity index (χ3v) is 6.01. The highest BCUT2D eigenvalue weighted by molar-refractivity contribution is 7.89. The van der Waals surface area contributed by atoms with Crippen LogP contribution in [0, 0.1) is 0 Å². The van der Waals surface area contributed by atoms with Gasteiger partial charge in [-0.1, -0.05) is 12.1 Å². The first kappa shape index (κ1) is 20.0.